The number of anilines is 1. The molecule has 0 spiro atoms. The first-order chi connectivity index (χ1) is 11.2. The highest BCUT2D eigenvalue weighted by molar-refractivity contribution is 7.13. The fourth-order valence-corrected chi connectivity index (χ4v) is 3.55. The van der Waals surface area contributed by atoms with Crippen LogP contribution in [0.1, 0.15) is 20.4 Å². The lowest BCUT2D eigenvalue weighted by Gasteiger charge is -2.34. The van der Waals surface area contributed by atoms with Crippen molar-refractivity contribution in [2.24, 2.45) is 0 Å². The standard InChI is InChI=1S/C15H19N5O2S/c1-11-13(23-12(18-11)10-22-2)14(21)19-6-8-20(9-7-19)15-16-4-3-5-17-15/h3-5H,6-10H2,1-2H3. The van der Waals surface area contributed by atoms with Crippen molar-refractivity contribution in [3.8, 4) is 0 Å². The van der Waals surface area contributed by atoms with E-state index in [2.05, 4.69) is 19.9 Å². The maximum Gasteiger partial charge on any atom is 0.265 e. The van der Waals surface area contributed by atoms with Crippen molar-refractivity contribution >= 4 is 23.2 Å². The summed E-state index contributed by atoms with van der Waals surface area (Å²) in [6, 6.07) is 1.80. The van der Waals surface area contributed by atoms with Gasteiger partial charge in [-0.05, 0) is 13.0 Å². The van der Waals surface area contributed by atoms with E-state index >= 15 is 0 Å². The average Bonchev–Trinajstić information content (AvgIpc) is 2.96. The first-order valence-corrected chi connectivity index (χ1v) is 8.27. The van der Waals surface area contributed by atoms with E-state index in [0.717, 1.165) is 29.7 Å². The van der Waals surface area contributed by atoms with Crippen LogP contribution in [0.3, 0.4) is 0 Å². The summed E-state index contributed by atoms with van der Waals surface area (Å²) in [6.45, 7) is 5.11. The van der Waals surface area contributed by atoms with Crippen LogP contribution >= 0.6 is 11.3 Å². The molecule has 7 nitrogen and oxygen atoms in total. The molecule has 1 aliphatic rings. The summed E-state index contributed by atoms with van der Waals surface area (Å²) >= 11 is 1.42. The predicted octanol–water partition coefficient (Wildman–Crippen LogP) is 1.35. The zero-order chi connectivity index (χ0) is 16.2. The molecule has 1 aliphatic heterocycles. The summed E-state index contributed by atoms with van der Waals surface area (Å²) in [6.07, 6.45) is 3.47. The van der Waals surface area contributed by atoms with E-state index in [0.29, 0.717) is 24.6 Å². The van der Waals surface area contributed by atoms with Crippen LogP contribution in [0.5, 0.6) is 0 Å². The molecule has 0 aliphatic carbocycles. The molecule has 0 atom stereocenters. The molecule has 0 unspecified atom stereocenters. The molecular weight excluding hydrogens is 314 g/mol. The van der Waals surface area contributed by atoms with Crippen molar-refractivity contribution in [2.75, 3.05) is 38.2 Å². The largest absolute Gasteiger partial charge is 0.378 e. The lowest BCUT2D eigenvalue weighted by Crippen LogP contribution is -2.49. The van der Waals surface area contributed by atoms with Gasteiger partial charge < -0.3 is 14.5 Å². The van der Waals surface area contributed by atoms with Gasteiger partial charge >= 0.3 is 0 Å². The molecule has 3 heterocycles. The van der Waals surface area contributed by atoms with Crippen LogP contribution in [-0.2, 0) is 11.3 Å². The van der Waals surface area contributed by atoms with Gasteiger partial charge in [-0.2, -0.15) is 0 Å². The summed E-state index contributed by atoms with van der Waals surface area (Å²) in [5.74, 6) is 0.770. The van der Waals surface area contributed by atoms with Crippen molar-refractivity contribution in [3.63, 3.8) is 0 Å². The molecule has 0 aromatic carbocycles. The van der Waals surface area contributed by atoms with Crippen molar-refractivity contribution in [1.82, 2.24) is 19.9 Å². The summed E-state index contributed by atoms with van der Waals surface area (Å²) in [5, 5.41) is 0.838. The fourth-order valence-electron chi connectivity index (χ4n) is 2.54. The number of methoxy groups -OCH3 is 1. The number of rotatable bonds is 4. The molecule has 1 saturated heterocycles. The third-order valence-corrected chi connectivity index (χ3v) is 4.82. The van der Waals surface area contributed by atoms with Gasteiger partial charge in [0.05, 0.1) is 12.3 Å². The number of ether oxygens (including phenoxy) is 1. The van der Waals surface area contributed by atoms with Gasteiger partial charge in [-0.3, -0.25) is 4.79 Å². The normalized spacial score (nSPS) is 15.0. The van der Waals surface area contributed by atoms with Crippen LogP contribution in [0, 0.1) is 6.92 Å². The lowest BCUT2D eigenvalue weighted by molar-refractivity contribution is 0.0750. The molecule has 0 saturated carbocycles. The molecule has 8 heteroatoms. The van der Waals surface area contributed by atoms with Crippen LogP contribution in [-0.4, -0.2) is 59.0 Å². The molecule has 122 valence electrons. The van der Waals surface area contributed by atoms with E-state index in [-0.39, 0.29) is 5.91 Å². The third kappa shape index (κ3) is 3.48. The molecule has 2 aromatic rings. The minimum Gasteiger partial charge on any atom is -0.378 e. The minimum absolute atomic E-state index is 0.0518. The van der Waals surface area contributed by atoms with E-state index in [1.54, 1.807) is 25.6 Å². The van der Waals surface area contributed by atoms with Crippen molar-refractivity contribution < 1.29 is 9.53 Å². The highest BCUT2D eigenvalue weighted by Gasteiger charge is 2.26. The van der Waals surface area contributed by atoms with Crippen molar-refractivity contribution in [3.05, 3.63) is 34.0 Å². The Kier molecular flexibility index (Phi) is 4.82. The molecule has 3 rings (SSSR count). The number of amides is 1. The minimum atomic E-state index is 0.0518. The summed E-state index contributed by atoms with van der Waals surface area (Å²) < 4.78 is 5.09. The highest BCUT2D eigenvalue weighted by Crippen LogP contribution is 2.21. The van der Waals surface area contributed by atoms with Gasteiger partial charge in [0, 0.05) is 45.7 Å². The Morgan fingerprint density at radius 2 is 1.96 bits per heavy atom. The Hall–Kier alpha value is -2.06. The Labute approximate surface area is 138 Å². The van der Waals surface area contributed by atoms with Crippen LogP contribution in [0.25, 0.3) is 0 Å². The zero-order valence-electron chi connectivity index (χ0n) is 13.2. The smallest absolute Gasteiger partial charge is 0.265 e. The van der Waals surface area contributed by atoms with Crippen LogP contribution in [0.15, 0.2) is 18.5 Å². The van der Waals surface area contributed by atoms with Gasteiger partial charge in [0.25, 0.3) is 5.91 Å². The third-order valence-electron chi connectivity index (χ3n) is 3.70. The van der Waals surface area contributed by atoms with Crippen molar-refractivity contribution in [1.29, 1.82) is 0 Å². The number of carbonyl (C=O) groups is 1. The highest BCUT2D eigenvalue weighted by atomic mass is 32.1. The maximum absolute atomic E-state index is 12.7. The number of hydrogen-bond donors (Lipinski definition) is 0. The van der Waals surface area contributed by atoms with Crippen LogP contribution < -0.4 is 4.90 Å². The van der Waals surface area contributed by atoms with Gasteiger partial charge in [0.15, 0.2) is 0 Å². The number of thiazole rings is 1. The Morgan fingerprint density at radius 1 is 1.26 bits per heavy atom. The monoisotopic (exact) mass is 333 g/mol. The van der Waals surface area contributed by atoms with E-state index < -0.39 is 0 Å². The number of nitrogens with zero attached hydrogens (tertiary/aromatic N) is 5. The van der Waals surface area contributed by atoms with E-state index in [4.69, 9.17) is 4.74 Å². The second-order valence-corrected chi connectivity index (χ2v) is 6.37. The predicted molar refractivity (Wildman–Crippen MR) is 87.7 cm³/mol. The van der Waals surface area contributed by atoms with Gasteiger partial charge in [-0.15, -0.1) is 11.3 Å². The SMILES string of the molecule is COCc1nc(C)c(C(=O)N2CCN(c3ncccn3)CC2)s1. The fraction of sp³-hybridized carbons (Fsp3) is 0.467. The Balaban J connectivity index is 1.64. The quantitative estimate of drug-likeness (QED) is 0.841. The number of carbonyl (C=O) groups excluding carboxylic acids is 1. The van der Waals surface area contributed by atoms with Crippen molar-refractivity contribution in [2.45, 2.75) is 13.5 Å². The molecule has 1 amide bonds. The average molecular weight is 333 g/mol. The first-order valence-electron chi connectivity index (χ1n) is 7.45. The summed E-state index contributed by atoms with van der Waals surface area (Å²) in [4.78, 5) is 30.3. The molecular formula is C15H19N5O2S. The van der Waals surface area contributed by atoms with E-state index in [1.165, 1.54) is 11.3 Å². The molecule has 0 radical (unpaired) electrons. The van der Waals surface area contributed by atoms with Crippen LogP contribution in [0.4, 0.5) is 5.95 Å². The van der Waals surface area contributed by atoms with Gasteiger partial charge in [0.2, 0.25) is 5.95 Å². The van der Waals surface area contributed by atoms with Gasteiger partial charge in [-0.1, -0.05) is 0 Å². The second kappa shape index (κ2) is 7.01. The topological polar surface area (TPSA) is 71.5 Å². The number of piperazine rings is 1. The molecule has 0 bridgehead atoms. The molecule has 2 aromatic heterocycles. The number of aryl methyl sites for hydroxylation is 1. The first kappa shape index (κ1) is 15.8. The molecule has 23 heavy (non-hydrogen) atoms. The second-order valence-electron chi connectivity index (χ2n) is 5.28. The Bertz CT molecular complexity index is 668. The summed E-state index contributed by atoms with van der Waals surface area (Å²) in [7, 11) is 1.63. The van der Waals surface area contributed by atoms with Gasteiger partial charge in [0.1, 0.15) is 9.88 Å². The number of aromatic nitrogens is 3. The van der Waals surface area contributed by atoms with Crippen LogP contribution in [0.2, 0.25) is 0 Å². The van der Waals surface area contributed by atoms with E-state index in [1.807, 2.05) is 11.8 Å². The zero-order valence-corrected chi connectivity index (χ0v) is 14.0. The summed E-state index contributed by atoms with van der Waals surface area (Å²) in [5.41, 5.74) is 0.779. The van der Waals surface area contributed by atoms with Gasteiger partial charge in [-0.25, -0.2) is 15.0 Å². The number of hydrogen-bond acceptors (Lipinski definition) is 7. The lowest BCUT2D eigenvalue weighted by atomic mass is 10.3. The Morgan fingerprint density at radius 3 is 2.61 bits per heavy atom. The maximum atomic E-state index is 12.7. The van der Waals surface area contributed by atoms with E-state index in [9.17, 15) is 4.79 Å². The molecule has 1 fully saturated rings. The molecule has 0 N–H and O–H groups in total.